The maximum absolute atomic E-state index is 12.0. The molecule has 2 amide bonds. The number of nitrogens with one attached hydrogen (secondary N) is 2. The molecule has 16 heteroatoms. The molecule has 0 radical (unpaired) electrons. The number of esters is 3. The Balaban J connectivity index is 2.63. The van der Waals surface area contributed by atoms with Crippen molar-refractivity contribution in [3.05, 3.63) is 0 Å². The maximum atomic E-state index is 12.0. The summed E-state index contributed by atoms with van der Waals surface area (Å²) in [7, 11) is 0. The molecule has 1 fully saturated rings. The number of carboxylic acids is 1. The molecule has 234 valence electrons. The predicted molar refractivity (Wildman–Crippen MR) is 136 cm³/mol. The van der Waals surface area contributed by atoms with Crippen LogP contribution in [0.1, 0.15) is 47.0 Å². The normalized spacial score (nSPS) is 21.8. The average molecular weight is 593 g/mol. The second-order valence-electron chi connectivity index (χ2n) is 8.96. The molecule has 0 aliphatic carbocycles. The van der Waals surface area contributed by atoms with E-state index >= 15 is 0 Å². The van der Waals surface area contributed by atoms with Crippen molar-refractivity contribution in [3.8, 4) is 0 Å². The SMILES string of the molecule is CC(=O)NC1C(OCCCCC(=O)NCCOCCOCC(=O)O)OC(COC(C)=O)C(OC(C)=O)C1OC(C)=O. The highest BCUT2D eigenvalue weighted by molar-refractivity contribution is 5.75. The van der Waals surface area contributed by atoms with Crippen molar-refractivity contribution in [2.24, 2.45) is 0 Å². The highest BCUT2D eigenvalue weighted by Crippen LogP contribution is 2.28. The first-order chi connectivity index (χ1) is 19.4. The van der Waals surface area contributed by atoms with Crippen molar-refractivity contribution in [2.75, 3.05) is 46.2 Å². The lowest BCUT2D eigenvalue weighted by molar-refractivity contribution is -0.277. The van der Waals surface area contributed by atoms with Crippen LogP contribution in [0.4, 0.5) is 0 Å². The topological polar surface area (TPSA) is 211 Å². The molecule has 0 aromatic heterocycles. The van der Waals surface area contributed by atoms with Gasteiger partial charge in [0.2, 0.25) is 11.8 Å². The summed E-state index contributed by atoms with van der Waals surface area (Å²) in [6.07, 6.45) is -3.58. The molecule has 5 unspecified atom stereocenters. The Kier molecular flexibility index (Phi) is 17.1. The molecular formula is C25H40N2O14. The molecule has 0 aromatic rings. The maximum Gasteiger partial charge on any atom is 0.329 e. The van der Waals surface area contributed by atoms with Gasteiger partial charge in [-0.1, -0.05) is 0 Å². The number of carbonyl (C=O) groups is 6. The number of rotatable bonds is 19. The highest BCUT2D eigenvalue weighted by atomic mass is 16.7. The van der Waals surface area contributed by atoms with Gasteiger partial charge in [0.15, 0.2) is 18.5 Å². The lowest BCUT2D eigenvalue weighted by Crippen LogP contribution is -2.66. The molecule has 0 aromatic carbocycles. The van der Waals surface area contributed by atoms with E-state index in [9.17, 15) is 28.8 Å². The Morgan fingerprint density at radius 3 is 2.07 bits per heavy atom. The number of carbonyl (C=O) groups excluding carboxylic acids is 5. The zero-order chi connectivity index (χ0) is 30.8. The average Bonchev–Trinajstić information content (AvgIpc) is 2.86. The number of aliphatic carboxylic acids is 1. The van der Waals surface area contributed by atoms with Crippen LogP contribution in [0, 0.1) is 0 Å². The van der Waals surface area contributed by atoms with Gasteiger partial charge in [0, 0.05) is 47.3 Å². The fourth-order valence-electron chi connectivity index (χ4n) is 3.75. The molecule has 0 bridgehead atoms. The van der Waals surface area contributed by atoms with Crippen molar-refractivity contribution >= 4 is 35.7 Å². The fraction of sp³-hybridized carbons (Fsp3) is 0.760. The molecule has 0 saturated carbocycles. The monoisotopic (exact) mass is 592 g/mol. The Morgan fingerprint density at radius 1 is 0.805 bits per heavy atom. The highest BCUT2D eigenvalue weighted by Gasteiger charge is 2.51. The van der Waals surface area contributed by atoms with Crippen molar-refractivity contribution in [1.29, 1.82) is 0 Å². The first-order valence-corrected chi connectivity index (χ1v) is 13.1. The third-order valence-corrected chi connectivity index (χ3v) is 5.32. The summed E-state index contributed by atoms with van der Waals surface area (Å²) in [6, 6.07) is -1.06. The number of hydrogen-bond acceptors (Lipinski definition) is 13. The van der Waals surface area contributed by atoms with E-state index in [2.05, 4.69) is 10.6 Å². The minimum absolute atomic E-state index is 0.0960. The van der Waals surface area contributed by atoms with Crippen LogP contribution in [0.25, 0.3) is 0 Å². The molecule has 0 spiro atoms. The van der Waals surface area contributed by atoms with Gasteiger partial charge in [0.25, 0.3) is 0 Å². The number of carboxylic acid groups (broad SMARTS) is 1. The van der Waals surface area contributed by atoms with Gasteiger partial charge in [-0.2, -0.15) is 0 Å². The van der Waals surface area contributed by atoms with E-state index in [4.69, 9.17) is 38.3 Å². The first-order valence-electron chi connectivity index (χ1n) is 13.1. The largest absolute Gasteiger partial charge is 0.480 e. The quantitative estimate of drug-likeness (QED) is 0.0939. The zero-order valence-corrected chi connectivity index (χ0v) is 23.7. The van der Waals surface area contributed by atoms with Crippen LogP contribution >= 0.6 is 0 Å². The van der Waals surface area contributed by atoms with E-state index in [0.717, 1.165) is 13.8 Å². The summed E-state index contributed by atoms with van der Waals surface area (Å²) in [6.45, 7) is 4.92. The third kappa shape index (κ3) is 15.9. The molecule has 1 saturated heterocycles. The third-order valence-electron chi connectivity index (χ3n) is 5.32. The van der Waals surface area contributed by atoms with E-state index in [0.29, 0.717) is 12.8 Å². The zero-order valence-electron chi connectivity index (χ0n) is 23.7. The molecule has 3 N–H and O–H groups in total. The van der Waals surface area contributed by atoms with Gasteiger partial charge in [-0.15, -0.1) is 0 Å². The summed E-state index contributed by atoms with van der Waals surface area (Å²) in [4.78, 5) is 69.4. The molecule has 1 aliphatic heterocycles. The number of unbranched alkanes of at least 4 members (excludes halogenated alkanes) is 1. The Hall–Kier alpha value is -3.34. The van der Waals surface area contributed by atoms with Crippen LogP contribution in [0.15, 0.2) is 0 Å². The Bertz CT molecular complexity index is 882. The van der Waals surface area contributed by atoms with Crippen molar-refractivity contribution in [2.45, 2.75) is 77.6 Å². The fourth-order valence-corrected chi connectivity index (χ4v) is 3.75. The molecule has 1 aliphatic rings. The van der Waals surface area contributed by atoms with Gasteiger partial charge >= 0.3 is 23.9 Å². The number of ether oxygens (including phenoxy) is 7. The van der Waals surface area contributed by atoms with Gasteiger partial charge in [0.05, 0.1) is 19.8 Å². The van der Waals surface area contributed by atoms with E-state index in [1.807, 2.05) is 0 Å². The molecule has 1 heterocycles. The summed E-state index contributed by atoms with van der Waals surface area (Å²) in [5.74, 6) is -3.80. The van der Waals surface area contributed by atoms with E-state index in [-0.39, 0.29) is 51.9 Å². The lowest BCUT2D eigenvalue weighted by Gasteiger charge is -2.44. The number of amides is 2. The summed E-state index contributed by atoms with van der Waals surface area (Å²) in [5, 5.41) is 13.8. The Morgan fingerprint density at radius 2 is 1.46 bits per heavy atom. The van der Waals surface area contributed by atoms with Crippen LogP contribution in [0.5, 0.6) is 0 Å². The molecule has 16 nitrogen and oxygen atoms in total. The molecule has 41 heavy (non-hydrogen) atoms. The molecule has 1 rings (SSSR count). The van der Waals surface area contributed by atoms with Crippen molar-refractivity contribution in [1.82, 2.24) is 10.6 Å². The van der Waals surface area contributed by atoms with Crippen LogP contribution in [-0.2, 0) is 61.9 Å². The summed E-state index contributed by atoms with van der Waals surface area (Å²) >= 11 is 0. The van der Waals surface area contributed by atoms with Crippen molar-refractivity contribution in [3.63, 3.8) is 0 Å². The molecular weight excluding hydrogens is 552 g/mol. The predicted octanol–water partition coefficient (Wildman–Crippen LogP) is -0.937. The van der Waals surface area contributed by atoms with E-state index in [1.54, 1.807) is 0 Å². The van der Waals surface area contributed by atoms with Gasteiger partial charge in [-0.3, -0.25) is 24.0 Å². The minimum Gasteiger partial charge on any atom is -0.480 e. The molecule has 5 atom stereocenters. The van der Waals surface area contributed by atoms with E-state index in [1.165, 1.54) is 13.8 Å². The Labute approximate surface area is 237 Å². The minimum atomic E-state index is -1.21. The van der Waals surface area contributed by atoms with Gasteiger partial charge < -0.3 is 48.9 Å². The van der Waals surface area contributed by atoms with Crippen LogP contribution < -0.4 is 10.6 Å². The summed E-state index contributed by atoms with van der Waals surface area (Å²) in [5.41, 5.74) is 0. The standard InChI is InChI=1S/C25H40N2O14/c1-15(28)27-22-24(40-18(4)31)23(39-17(3)30)19(13-38-16(2)29)41-25(22)37-9-6-5-7-20(32)26-8-10-35-11-12-36-14-21(33)34/h19,22-25H,5-14H2,1-4H3,(H,26,32)(H,27,28)(H,33,34). The van der Waals surface area contributed by atoms with Gasteiger partial charge in [-0.25, -0.2) is 4.79 Å². The second-order valence-corrected chi connectivity index (χ2v) is 8.96. The van der Waals surface area contributed by atoms with Crippen LogP contribution in [0.3, 0.4) is 0 Å². The van der Waals surface area contributed by atoms with Gasteiger partial charge in [-0.05, 0) is 12.8 Å². The van der Waals surface area contributed by atoms with E-state index < -0.39 is 67.0 Å². The first kappa shape index (κ1) is 35.7. The van der Waals surface area contributed by atoms with Crippen LogP contribution in [-0.4, -0.2) is 118 Å². The summed E-state index contributed by atoms with van der Waals surface area (Å²) < 4.78 is 37.6. The number of hydrogen-bond donors (Lipinski definition) is 3. The van der Waals surface area contributed by atoms with Crippen LogP contribution in [0.2, 0.25) is 0 Å². The van der Waals surface area contributed by atoms with Gasteiger partial charge in [0.1, 0.15) is 25.4 Å². The smallest absolute Gasteiger partial charge is 0.329 e. The second kappa shape index (κ2) is 19.7. The lowest BCUT2D eigenvalue weighted by atomic mass is 9.96. The van der Waals surface area contributed by atoms with Crippen molar-refractivity contribution < 1.29 is 67.0 Å².